The number of carbonyl (C=O) groups is 1. The molecule has 0 amide bonds. The molecule has 0 aromatic carbocycles. The van der Waals surface area contributed by atoms with Crippen LogP contribution in [0, 0.1) is 42.9 Å². The topological polar surface area (TPSA) is 57.5 Å². The first-order chi connectivity index (χ1) is 9.65. The summed E-state index contributed by atoms with van der Waals surface area (Å²) in [5.41, 5.74) is 0. The van der Waals surface area contributed by atoms with E-state index in [2.05, 4.69) is 18.8 Å². The molecule has 0 aromatic rings. The molecule has 1 atom stereocenters. The zero-order chi connectivity index (χ0) is 14.8. The second kappa shape index (κ2) is 9.83. The zero-order valence-corrected chi connectivity index (χ0v) is 12.1. The van der Waals surface area contributed by atoms with Crippen LogP contribution in [-0.2, 0) is 4.79 Å². The van der Waals surface area contributed by atoms with E-state index in [1.807, 2.05) is 19.3 Å². The van der Waals surface area contributed by atoms with E-state index >= 15 is 0 Å². The molecule has 0 aromatic heterocycles. The molecule has 5 radical (unpaired) electrons. The maximum absolute atomic E-state index is 10.5. The molecule has 2 N–H and O–H groups in total. The first-order valence-electron chi connectivity index (χ1n) is 7.29. The fraction of sp³-hybridized carbons (Fsp3) is 0.529. The molecule has 0 heterocycles. The average Bonchev–Trinajstić information content (AvgIpc) is 2.86. The highest BCUT2D eigenvalue weighted by atomic mass is 16.4. The van der Waals surface area contributed by atoms with Crippen molar-refractivity contribution in [3.63, 3.8) is 0 Å². The molecule has 1 aliphatic rings. The predicted molar refractivity (Wildman–Crippen MR) is 78.8 cm³/mol. The van der Waals surface area contributed by atoms with E-state index in [0.717, 1.165) is 24.7 Å². The first kappa shape index (κ1) is 17.0. The molecule has 1 fully saturated rings. The average molecular weight is 275 g/mol. The van der Waals surface area contributed by atoms with Crippen LogP contribution in [0.2, 0.25) is 0 Å². The highest BCUT2D eigenvalue weighted by Gasteiger charge is 2.33. The van der Waals surface area contributed by atoms with Crippen LogP contribution in [-0.4, -0.2) is 22.3 Å². The van der Waals surface area contributed by atoms with Gasteiger partial charge in [0.05, 0.1) is 12.0 Å². The van der Waals surface area contributed by atoms with Gasteiger partial charge in [0.2, 0.25) is 0 Å². The van der Waals surface area contributed by atoms with Crippen molar-refractivity contribution in [2.75, 3.05) is 0 Å². The SMILES string of the molecule is CCCCCC#C[C]1[CH][CH][CH][C]1[C@@H](O)CCCC(=O)O. The van der Waals surface area contributed by atoms with Crippen LogP contribution in [0.25, 0.3) is 0 Å². The van der Waals surface area contributed by atoms with Crippen LogP contribution in [0.5, 0.6) is 0 Å². The number of hydrogen-bond acceptors (Lipinski definition) is 2. The van der Waals surface area contributed by atoms with Crippen molar-refractivity contribution in [3.05, 3.63) is 31.1 Å². The molecule has 0 spiro atoms. The molecule has 3 heteroatoms. The Hall–Kier alpha value is -1.01. The van der Waals surface area contributed by atoms with E-state index < -0.39 is 12.1 Å². The summed E-state index contributed by atoms with van der Waals surface area (Å²) in [6, 6.07) is 0. The summed E-state index contributed by atoms with van der Waals surface area (Å²) in [7, 11) is 0. The molecule has 3 nitrogen and oxygen atoms in total. The quantitative estimate of drug-likeness (QED) is 0.529. The van der Waals surface area contributed by atoms with Crippen LogP contribution in [0.15, 0.2) is 0 Å². The van der Waals surface area contributed by atoms with E-state index in [1.165, 1.54) is 12.8 Å². The number of rotatable bonds is 8. The van der Waals surface area contributed by atoms with Crippen molar-refractivity contribution < 1.29 is 15.0 Å². The Morgan fingerprint density at radius 3 is 2.80 bits per heavy atom. The first-order valence-corrected chi connectivity index (χ1v) is 7.29. The number of hydrogen-bond donors (Lipinski definition) is 2. The molecule has 20 heavy (non-hydrogen) atoms. The van der Waals surface area contributed by atoms with Crippen molar-refractivity contribution in [2.45, 2.75) is 58.0 Å². The van der Waals surface area contributed by atoms with E-state index in [-0.39, 0.29) is 6.42 Å². The van der Waals surface area contributed by atoms with Gasteiger partial charge in [-0.15, -0.1) is 5.92 Å². The lowest BCUT2D eigenvalue weighted by molar-refractivity contribution is -0.137. The van der Waals surface area contributed by atoms with Crippen LogP contribution in [0.3, 0.4) is 0 Å². The number of aliphatic hydroxyl groups excluding tert-OH is 1. The third-order valence-corrected chi connectivity index (χ3v) is 3.21. The highest BCUT2D eigenvalue weighted by molar-refractivity contribution is 5.66. The van der Waals surface area contributed by atoms with Crippen molar-refractivity contribution in [3.8, 4) is 11.8 Å². The van der Waals surface area contributed by atoms with E-state index in [4.69, 9.17) is 5.11 Å². The number of carboxylic acids is 1. The van der Waals surface area contributed by atoms with Gasteiger partial charge in [0, 0.05) is 18.8 Å². The minimum absolute atomic E-state index is 0.0931. The van der Waals surface area contributed by atoms with Gasteiger partial charge < -0.3 is 10.2 Å². The lowest BCUT2D eigenvalue weighted by atomic mass is 9.88. The summed E-state index contributed by atoms with van der Waals surface area (Å²) in [5.74, 6) is 7.10. The minimum atomic E-state index is -0.823. The Balaban J connectivity index is 2.33. The lowest BCUT2D eigenvalue weighted by Crippen LogP contribution is -2.20. The van der Waals surface area contributed by atoms with Gasteiger partial charge in [-0.05, 0) is 38.5 Å². The summed E-state index contributed by atoms with van der Waals surface area (Å²) in [6.45, 7) is 2.16. The van der Waals surface area contributed by atoms with Crippen molar-refractivity contribution in [1.82, 2.24) is 0 Å². The molecule has 1 aliphatic carbocycles. The smallest absolute Gasteiger partial charge is 0.303 e. The van der Waals surface area contributed by atoms with Crippen LogP contribution >= 0.6 is 0 Å². The number of carboxylic acid groups (broad SMARTS) is 1. The molecular weight excluding hydrogens is 252 g/mol. The van der Waals surface area contributed by atoms with E-state index in [0.29, 0.717) is 12.8 Å². The monoisotopic (exact) mass is 275 g/mol. The molecule has 0 aliphatic heterocycles. The molecule has 0 unspecified atom stereocenters. The van der Waals surface area contributed by atoms with Crippen LogP contribution in [0.4, 0.5) is 0 Å². The number of unbranched alkanes of at least 4 members (excludes halogenated alkanes) is 3. The summed E-state index contributed by atoms with van der Waals surface area (Å²) in [5, 5.41) is 18.7. The molecule has 0 saturated heterocycles. The summed E-state index contributed by atoms with van der Waals surface area (Å²) < 4.78 is 0. The van der Waals surface area contributed by atoms with Gasteiger partial charge in [-0.25, -0.2) is 0 Å². The van der Waals surface area contributed by atoms with Crippen LogP contribution in [0.1, 0.15) is 51.9 Å². The molecule has 109 valence electrons. The second-order valence-electron chi connectivity index (χ2n) is 4.96. The van der Waals surface area contributed by atoms with Crippen molar-refractivity contribution in [1.29, 1.82) is 0 Å². The van der Waals surface area contributed by atoms with Gasteiger partial charge in [-0.1, -0.05) is 25.7 Å². The predicted octanol–water partition coefficient (Wildman–Crippen LogP) is 2.96. The number of aliphatic hydroxyl groups is 1. The maximum Gasteiger partial charge on any atom is 0.303 e. The third-order valence-electron chi connectivity index (χ3n) is 3.21. The van der Waals surface area contributed by atoms with Crippen LogP contribution < -0.4 is 0 Å². The summed E-state index contributed by atoms with van der Waals surface area (Å²) >= 11 is 0. The Labute approximate surface area is 122 Å². The van der Waals surface area contributed by atoms with Gasteiger partial charge in [-0.3, -0.25) is 4.79 Å². The maximum atomic E-state index is 10.5. The standard InChI is InChI=1S/C17H23O3/c1-2-3-4-5-6-9-14-10-7-11-15(14)16(18)12-8-13-17(19)20/h7,10-11,16,18H,2-5,8,12-13H2,1H3,(H,19,20)/t16-/m0/s1. The Morgan fingerprint density at radius 1 is 1.30 bits per heavy atom. The fourth-order valence-electron chi connectivity index (χ4n) is 2.06. The van der Waals surface area contributed by atoms with Gasteiger partial charge >= 0.3 is 5.97 Å². The second-order valence-corrected chi connectivity index (χ2v) is 4.96. The Morgan fingerprint density at radius 2 is 2.10 bits per heavy atom. The Kier molecular flexibility index (Phi) is 8.37. The molecule has 1 rings (SSSR count). The fourth-order valence-corrected chi connectivity index (χ4v) is 2.06. The van der Waals surface area contributed by atoms with Gasteiger partial charge in [-0.2, -0.15) is 0 Å². The van der Waals surface area contributed by atoms with E-state index in [1.54, 1.807) is 0 Å². The Bertz CT molecular complexity index is 340. The minimum Gasteiger partial charge on any atom is -0.481 e. The normalized spacial score (nSPS) is 17.7. The molecule has 1 saturated carbocycles. The van der Waals surface area contributed by atoms with Gasteiger partial charge in [0.25, 0.3) is 0 Å². The molecular formula is C17H23O3. The zero-order valence-electron chi connectivity index (χ0n) is 12.1. The van der Waals surface area contributed by atoms with Crippen molar-refractivity contribution in [2.24, 2.45) is 0 Å². The molecule has 0 bridgehead atoms. The van der Waals surface area contributed by atoms with Gasteiger partial charge in [0.1, 0.15) is 0 Å². The van der Waals surface area contributed by atoms with E-state index in [9.17, 15) is 9.90 Å². The largest absolute Gasteiger partial charge is 0.481 e. The third kappa shape index (κ3) is 6.43. The highest BCUT2D eigenvalue weighted by Crippen LogP contribution is 2.36. The number of aliphatic carboxylic acids is 1. The van der Waals surface area contributed by atoms with Crippen molar-refractivity contribution >= 4 is 5.97 Å². The lowest BCUT2D eigenvalue weighted by Gasteiger charge is -2.19. The van der Waals surface area contributed by atoms with Gasteiger partial charge in [0.15, 0.2) is 0 Å². The summed E-state index contributed by atoms with van der Waals surface area (Å²) in [6.07, 6.45) is 10.4. The summed E-state index contributed by atoms with van der Waals surface area (Å²) in [4.78, 5) is 10.5.